The number of ether oxygens (including phenoxy) is 1. The number of nitrogens with zero attached hydrogens (tertiary/aromatic N) is 1. The lowest BCUT2D eigenvalue weighted by Crippen LogP contribution is -2.47. The van der Waals surface area contributed by atoms with Crippen LogP contribution in [0.1, 0.15) is 42.4 Å². The molecule has 0 atom stereocenters. The van der Waals surface area contributed by atoms with Crippen molar-refractivity contribution in [2.75, 3.05) is 13.7 Å². The molecule has 0 saturated heterocycles. The van der Waals surface area contributed by atoms with Crippen LogP contribution in [0.4, 0.5) is 0 Å². The van der Waals surface area contributed by atoms with Crippen LogP contribution in [-0.4, -0.2) is 29.4 Å². The van der Waals surface area contributed by atoms with Crippen LogP contribution < -0.4 is 10.3 Å². The van der Waals surface area contributed by atoms with Crippen molar-refractivity contribution in [3.63, 3.8) is 0 Å². The van der Waals surface area contributed by atoms with Crippen molar-refractivity contribution >= 4 is 5.91 Å². The van der Waals surface area contributed by atoms with Gasteiger partial charge in [0.05, 0.1) is 12.5 Å². The first kappa shape index (κ1) is 16.9. The molecule has 1 fully saturated rings. The molecule has 5 nitrogen and oxygen atoms in total. The Morgan fingerprint density at radius 3 is 2.58 bits per heavy atom. The summed E-state index contributed by atoms with van der Waals surface area (Å²) in [5.41, 5.74) is 2.70. The first-order valence-corrected chi connectivity index (χ1v) is 9.27. The molecule has 136 valence electrons. The number of fused-ring (bicyclic) bond motifs is 1. The first-order valence-electron chi connectivity index (χ1n) is 9.27. The van der Waals surface area contributed by atoms with Crippen LogP contribution in [0.2, 0.25) is 0 Å². The molecule has 0 bridgehead atoms. The summed E-state index contributed by atoms with van der Waals surface area (Å²) in [5, 5.41) is 0. The molecule has 0 unspecified atom stereocenters. The number of H-pyrrole nitrogens is 1. The summed E-state index contributed by atoms with van der Waals surface area (Å²) >= 11 is 0. The van der Waals surface area contributed by atoms with E-state index in [1.54, 1.807) is 19.4 Å². The third-order valence-electron chi connectivity index (χ3n) is 5.92. The van der Waals surface area contributed by atoms with E-state index in [1.807, 2.05) is 29.2 Å². The van der Waals surface area contributed by atoms with Gasteiger partial charge < -0.3 is 14.6 Å². The maximum absolute atomic E-state index is 13.6. The Labute approximate surface area is 153 Å². The third kappa shape index (κ3) is 2.81. The average Bonchev–Trinajstić information content (AvgIpc) is 3.18. The summed E-state index contributed by atoms with van der Waals surface area (Å²) in [7, 11) is 1.65. The SMILES string of the molecule is COc1ccc(C2(C(=O)N3CCc4cc(=O)[nH]cc4C3)CCCC2)cc1. The Morgan fingerprint density at radius 2 is 1.88 bits per heavy atom. The summed E-state index contributed by atoms with van der Waals surface area (Å²) in [6.45, 7) is 1.25. The number of benzene rings is 1. The smallest absolute Gasteiger partial charge is 0.248 e. The monoisotopic (exact) mass is 352 g/mol. The quantitative estimate of drug-likeness (QED) is 0.924. The number of pyridine rings is 1. The number of aromatic amines is 1. The lowest BCUT2D eigenvalue weighted by Gasteiger charge is -2.37. The van der Waals surface area contributed by atoms with Gasteiger partial charge in [0, 0.05) is 25.4 Å². The van der Waals surface area contributed by atoms with E-state index in [4.69, 9.17) is 4.74 Å². The van der Waals surface area contributed by atoms with Crippen molar-refractivity contribution < 1.29 is 9.53 Å². The Hall–Kier alpha value is -2.56. The standard InChI is InChI=1S/C21H24N2O3/c1-26-18-6-4-17(5-7-18)21(9-2-3-10-21)20(25)23-11-8-15-12-19(24)22-13-16(15)14-23/h4-7,12-13H,2-3,8-11,14H2,1H3,(H,22,24). The fourth-order valence-electron chi connectivity index (χ4n) is 4.45. The number of rotatable bonds is 3. The van der Waals surface area contributed by atoms with Gasteiger partial charge in [-0.15, -0.1) is 0 Å². The van der Waals surface area contributed by atoms with Crippen LogP contribution in [0, 0.1) is 0 Å². The van der Waals surface area contributed by atoms with Gasteiger partial charge in [0.1, 0.15) is 5.75 Å². The number of hydrogen-bond acceptors (Lipinski definition) is 3. The van der Waals surface area contributed by atoms with Gasteiger partial charge in [0.2, 0.25) is 11.5 Å². The molecule has 1 aromatic carbocycles. The second-order valence-electron chi connectivity index (χ2n) is 7.34. The highest BCUT2D eigenvalue weighted by Gasteiger charge is 2.45. The number of hydrogen-bond donors (Lipinski definition) is 1. The number of amides is 1. The third-order valence-corrected chi connectivity index (χ3v) is 5.92. The number of nitrogens with one attached hydrogen (secondary N) is 1. The van der Waals surface area contributed by atoms with Gasteiger partial charge in [-0.05, 0) is 48.1 Å². The van der Waals surface area contributed by atoms with E-state index in [9.17, 15) is 9.59 Å². The molecule has 1 amide bonds. The minimum Gasteiger partial charge on any atom is -0.497 e. The molecule has 4 rings (SSSR count). The van der Waals surface area contributed by atoms with Crippen LogP contribution >= 0.6 is 0 Å². The number of aromatic nitrogens is 1. The molecule has 26 heavy (non-hydrogen) atoms. The van der Waals surface area contributed by atoms with E-state index in [2.05, 4.69) is 4.98 Å². The predicted octanol–water partition coefficient (Wildman–Crippen LogP) is 2.78. The van der Waals surface area contributed by atoms with Crippen LogP contribution in [0.5, 0.6) is 5.75 Å². The second-order valence-corrected chi connectivity index (χ2v) is 7.34. The molecule has 1 aliphatic carbocycles. The average molecular weight is 352 g/mol. The maximum Gasteiger partial charge on any atom is 0.248 e. The Balaban J connectivity index is 1.63. The lowest BCUT2D eigenvalue weighted by molar-refractivity contribution is -0.138. The van der Waals surface area contributed by atoms with Gasteiger partial charge in [-0.25, -0.2) is 0 Å². The van der Waals surface area contributed by atoms with Gasteiger partial charge in [-0.3, -0.25) is 9.59 Å². The lowest BCUT2D eigenvalue weighted by atomic mass is 9.77. The molecule has 0 spiro atoms. The number of carbonyl (C=O) groups excluding carboxylic acids is 1. The van der Waals surface area contributed by atoms with Crippen LogP contribution in [0.15, 0.2) is 41.3 Å². The predicted molar refractivity (Wildman–Crippen MR) is 99.3 cm³/mol. The molecule has 5 heteroatoms. The van der Waals surface area contributed by atoms with Gasteiger partial charge in [-0.1, -0.05) is 25.0 Å². The molecular weight excluding hydrogens is 328 g/mol. The molecule has 1 saturated carbocycles. The number of carbonyl (C=O) groups is 1. The highest BCUT2D eigenvalue weighted by atomic mass is 16.5. The van der Waals surface area contributed by atoms with Crippen molar-refractivity contribution in [2.24, 2.45) is 0 Å². The molecule has 1 aliphatic heterocycles. The molecule has 0 radical (unpaired) electrons. The topological polar surface area (TPSA) is 62.4 Å². The molecule has 2 aromatic rings. The van der Waals surface area contributed by atoms with Crippen molar-refractivity contribution in [1.29, 1.82) is 0 Å². The van der Waals surface area contributed by atoms with Crippen molar-refractivity contribution in [3.8, 4) is 5.75 Å². The summed E-state index contributed by atoms with van der Waals surface area (Å²) in [5.74, 6) is 1.03. The fourth-order valence-corrected chi connectivity index (χ4v) is 4.45. The molecule has 2 heterocycles. The Bertz CT molecular complexity index is 864. The van der Waals surface area contributed by atoms with Gasteiger partial charge in [0.15, 0.2) is 0 Å². The van der Waals surface area contributed by atoms with E-state index in [1.165, 1.54) is 0 Å². The van der Waals surface area contributed by atoms with Crippen LogP contribution in [-0.2, 0) is 23.2 Å². The van der Waals surface area contributed by atoms with E-state index in [0.29, 0.717) is 13.1 Å². The molecule has 1 aromatic heterocycles. The highest BCUT2D eigenvalue weighted by molar-refractivity contribution is 5.89. The van der Waals surface area contributed by atoms with Crippen molar-refractivity contribution in [1.82, 2.24) is 9.88 Å². The summed E-state index contributed by atoms with van der Waals surface area (Å²) in [6.07, 6.45) is 6.45. The summed E-state index contributed by atoms with van der Waals surface area (Å²) < 4.78 is 5.27. The van der Waals surface area contributed by atoms with Gasteiger partial charge in [-0.2, -0.15) is 0 Å². The zero-order chi connectivity index (χ0) is 18.1. The molecular formula is C21H24N2O3. The van der Waals surface area contributed by atoms with E-state index in [-0.39, 0.29) is 11.5 Å². The normalized spacial score (nSPS) is 18.4. The van der Waals surface area contributed by atoms with Crippen molar-refractivity contribution in [2.45, 2.75) is 44.1 Å². The van der Waals surface area contributed by atoms with Crippen LogP contribution in [0.25, 0.3) is 0 Å². The summed E-state index contributed by atoms with van der Waals surface area (Å²) in [6, 6.07) is 9.62. The second kappa shape index (κ2) is 6.63. The van der Waals surface area contributed by atoms with E-state index < -0.39 is 5.41 Å². The van der Waals surface area contributed by atoms with E-state index in [0.717, 1.165) is 54.5 Å². The first-order chi connectivity index (χ1) is 12.6. The highest BCUT2D eigenvalue weighted by Crippen LogP contribution is 2.43. The fraction of sp³-hybridized carbons (Fsp3) is 0.429. The minimum absolute atomic E-state index is 0.0750. The maximum atomic E-state index is 13.6. The van der Waals surface area contributed by atoms with Crippen LogP contribution in [0.3, 0.4) is 0 Å². The zero-order valence-corrected chi connectivity index (χ0v) is 15.1. The van der Waals surface area contributed by atoms with Gasteiger partial charge >= 0.3 is 0 Å². The minimum atomic E-state index is -0.425. The van der Waals surface area contributed by atoms with E-state index >= 15 is 0 Å². The van der Waals surface area contributed by atoms with Gasteiger partial charge in [0.25, 0.3) is 0 Å². The largest absolute Gasteiger partial charge is 0.497 e. The zero-order valence-electron chi connectivity index (χ0n) is 15.1. The van der Waals surface area contributed by atoms with Crippen molar-refractivity contribution in [3.05, 3.63) is 63.6 Å². The summed E-state index contributed by atoms with van der Waals surface area (Å²) in [4.78, 5) is 29.8. The Morgan fingerprint density at radius 1 is 1.15 bits per heavy atom. The Kier molecular flexibility index (Phi) is 4.31. The molecule has 1 N–H and O–H groups in total. The molecule has 2 aliphatic rings. The number of methoxy groups -OCH3 is 1.